The number of likely N-dealkylation sites (tertiary alicyclic amines) is 1. The van der Waals surface area contributed by atoms with Gasteiger partial charge in [0.1, 0.15) is 22.9 Å². The number of benzene rings is 2. The number of nitrogens with zero attached hydrogens (tertiary/aromatic N) is 1. The summed E-state index contributed by atoms with van der Waals surface area (Å²) in [5.41, 5.74) is -0.525. The fourth-order valence-corrected chi connectivity index (χ4v) is 3.29. The van der Waals surface area contributed by atoms with Gasteiger partial charge in [0, 0.05) is 24.8 Å². The lowest BCUT2D eigenvalue weighted by atomic mass is 9.79. The molecule has 0 unspecified atom stereocenters. The molecule has 1 heterocycles. The van der Waals surface area contributed by atoms with Crippen LogP contribution in [0.15, 0.2) is 48.5 Å². The second-order valence-electron chi connectivity index (χ2n) is 9.07. The van der Waals surface area contributed by atoms with Crippen LogP contribution in [0.25, 0.3) is 0 Å². The molecule has 1 aliphatic heterocycles. The molecule has 0 aromatic heterocycles. The molecule has 2 aromatic rings. The number of hydrogen-bond donors (Lipinski definition) is 1. The van der Waals surface area contributed by atoms with E-state index in [4.69, 9.17) is 9.47 Å². The van der Waals surface area contributed by atoms with Crippen LogP contribution in [-0.4, -0.2) is 35.6 Å². The van der Waals surface area contributed by atoms with E-state index in [1.807, 2.05) is 27.7 Å². The molecule has 2 aromatic carbocycles. The summed E-state index contributed by atoms with van der Waals surface area (Å²) in [4.78, 5) is 26.9. The van der Waals surface area contributed by atoms with Crippen LogP contribution in [0.4, 0.5) is 14.9 Å². The number of amides is 2. The molecule has 0 saturated carbocycles. The van der Waals surface area contributed by atoms with E-state index in [0.29, 0.717) is 43.1 Å². The van der Waals surface area contributed by atoms with Gasteiger partial charge in [-0.2, -0.15) is 0 Å². The van der Waals surface area contributed by atoms with Gasteiger partial charge < -0.3 is 19.7 Å². The van der Waals surface area contributed by atoms with Crippen LogP contribution >= 0.6 is 0 Å². The maximum absolute atomic E-state index is 13.1. The Kier molecular flexibility index (Phi) is 6.53. The number of halogens is 1. The smallest absolute Gasteiger partial charge is 0.410 e. The highest BCUT2D eigenvalue weighted by molar-refractivity contribution is 5.95. The molecule has 0 spiro atoms. The molecular formula is C24H29FN2O4. The molecule has 6 nitrogen and oxygen atoms in total. The summed E-state index contributed by atoms with van der Waals surface area (Å²) in [5.74, 6) is 0.607. The van der Waals surface area contributed by atoms with Gasteiger partial charge >= 0.3 is 6.09 Å². The van der Waals surface area contributed by atoms with Gasteiger partial charge in [0.2, 0.25) is 5.91 Å². The Bertz CT molecular complexity index is 929. The maximum Gasteiger partial charge on any atom is 0.410 e. The number of carbonyl (C=O) groups excluding carboxylic acids is 2. The summed E-state index contributed by atoms with van der Waals surface area (Å²) >= 11 is 0. The highest BCUT2D eigenvalue weighted by Gasteiger charge is 2.39. The van der Waals surface area contributed by atoms with Crippen molar-refractivity contribution in [2.24, 2.45) is 5.41 Å². The van der Waals surface area contributed by atoms with E-state index < -0.39 is 11.0 Å². The Balaban J connectivity index is 1.59. The van der Waals surface area contributed by atoms with Gasteiger partial charge in [-0.25, -0.2) is 9.18 Å². The number of ether oxygens (including phenoxy) is 2. The van der Waals surface area contributed by atoms with Crippen molar-refractivity contribution in [2.75, 3.05) is 18.4 Å². The largest absolute Gasteiger partial charge is 0.457 e. The van der Waals surface area contributed by atoms with E-state index >= 15 is 0 Å². The monoisotopic (exact) mass is 428 g/mol. The molecule has 166 valence electrons. The Morgan fingerprint density at radius 1 is 1.03 bits per heavy atom. The van der Waals surface area contributed by atoms with E-state index in [-0.39, 0.29) is 17.8 Å². The average Bonchev–Trinajstić information content (AvgIpc) is 2.69. The molecule has 0 radical (unpaired) electrons. The minimum Gasteiger partial charge on any atom is -0.457 e. The van der Waals surface area contributed by atoms with Crippen LogP contribution in [-0.2, 0) is 9.53 Å². The van der Waals surface area contributed by atoms with Crippen molar-refractivity contribution >= 4 is 17.7 Å². The van der Waals surface area contributed by atoms with Gasteiger partial charge in [-0.3, -0.25) is 4.79 Å². The maximum atomic E-state index is 13.1. The topological polar surface area (TPSA) is 67.9 Å². The first-order valence-electron chi connectivity index (χ1n) is 10.4. The third-order valence-corrected chi connectivity index (χ3v) is 5.21. The minimum atomic E-state index is -0.591. The number of anilines is 1. The zero-order valence-electron chi connectivity index (χ0n) is 18.4. The van der Waals surface area contributed by atoms with E-state index in [1.165, 1.54) is 12.1 Å². The number of nitrogens with one attached hydrogen (secondary N) is 1. The Hall–Kier alpha value is -3.09. The Morgan fingerprint density at radius 2 is 1.68 bits per heavy atom. The summed E-state index contributed by atoms with van der Waals surface area (Å²) < 4.78 is 24.2. The zero-order chi connectivity index (χ0) is 22.6. The Morgan fingerprint density at radius 3 is 2.29 bits per heavy atom. The molecule has 0 aliphatic carbocycles. The molecule has 1 saturated heterocycles. The van der Waals surface area contributed by atoms with Gasteiger partial charge in [0.05, 0.1) is 5.41 Å². The van der Waals surface area contributed by atoms with E-state index in [0.717, 1.165) is 0 Å². The van der Waals surface area contributed by atoms with Crippen LogP contribution in [0.2, 0.25) is 0 Å². The zero-order valence-corrected chi connectivity index (χ0v) is 18.4. The molecular weight excluding hydrogens is 399 g/mol. The van der Waals surface area contributed by atoms with Crippen molar-refractivity contribution in [1.82, 2.24) is 4.90 Å². The van der Waals surface area contributed by atoms with Crippen molar-refractivity contribution < 1.29 is 23.5 Å². The van der Waals surface area contributed by atoms with Gasteiger partial charge in [0.25, 0.3) is 0 Å². The average molecular weight is 429 g/mol. The number of hydrogen-bond acceptors (Lipinski definition) is 4. The van der Waals surface area contributed by atoms with Crippen molar-refractivity contribution in [1.29, 1.82) is 0 Å². The first-order valence-corrected chi connectivity index (χ1v) is 10.4. The van der Waals surface area contributed by atoms with Crippen molar-refractivity contribution in [3.63, 3.8) is 0 Å². The number of carbonyl (C=O) groups is 2. The lowest BCUT2D eigenvalue weighted by Gasteiger charge is -2.38. The van der Waals surface area contributed by atoms with Crippen molar-refractivity contribution in [3.05, 3.63) is 54.3 Å². The van der Waals surface area contributed by atoms with Crippen LogP contribution in [0.1, 0.15) is 40.5 Å². The first-order chi connectivity index (χ1) is 14.5. The van der Waals surface area contributed by atoms with Gasteiger partial charge in [-0.15, -0.1) is 0 Å². The van der Waals surface area contributed by atoms with Gasteiger partial charge in [-0.05, 0) is 70.0 Å². The highest BCUT2D eigenvalue weighted by Crippen LogP contribution is 2.33. The number of rotatable bonds is 4. The molecule has 31 heavy (non-hydrogen) atoms. The van der Waals surface area contributed by atoms with E-state index in [9.17, 15) is 14.0 Å². The molecule has 0 atom stereocenters. The normalized spacial score (nSPS) is 15.8. The van der Waals surface area contributed by atoms with E-state index in [1.54, 1.807) is 41.3 Å². The lowest BCUT2D eigenvalue weighted by molar-refractivity contribution is -0.127. The SMILES string of the molecule is CC(C)(C)OC(=O)N1CCC(C)(C(=O)Nc2cccc(Oc3ccc(F)cc3)c2)CC1. The minimum absolute atomic E-state index is 0.102. The van der Waals surface area contributed by atoms with Crippen LogP contribution < -0.4 is 10.1 Å². The van der Waals surface area contributed by atoms with Crippen molar-refractivity contribution in [3.8, 4) is 11.5 Å². The van der Waals surface area contributed by atoms with Crippen LogP contribution in [0.3, 0.4) is 0 Å². The van der Waals surface area contributed by atoms with Crippen LogP contribution in [0.5, 0.6) is 11.5 Å². The molecule has 0 bridgehead atoms. The fourth-order valence-electron chi connectivity index (χ4n) is 3.29. The predicted molar refractivity (Wildman–Crippen MR) is 117 cm³/mol. The second-order valence-corrected chi connectivity index (χ2v) is 9.07. The van der Waals surface area contributed by atoms with Gasteiger partial charge in [-0.1, -0.05) is 13.0 Å². The molecule has 1 N–H and O–H groups in total. The Labute approximate surface area is 182 Å². The summed E-state index contributed by atoms with van der Waals surface area (Å²) in [6.07, 6.45) is 0.744. The van der Waals surface area contributed by atoms with Gasteiger partial charge in [0.15, 0.2) is 0 Å². The summed E-state index contributed by atoms with van der Waals surface area (Å²) in [6, 6.07) is 12.8. The quantitative estimate of drug-likeness (QED) is 0.689. The predicted octanol–water partition coefficient (Wildman–Crippen LogP) is 5.59. The molecule has 3 rings (SSSR count). The third kappa shape index (κ3) is 6.20. The highest BCUT2D eigenvalue weighted by atomic mass is 19.1. The summed E-state index contributed by atoms with van der Waals surface area (Å²) in [7, 11) is 0. The molecule has 1 aliphatic rings. The third-order valence-electron chi connectivity index (χ3n) is 5.21. The summed E-state index contributed by atoms with van der Waals surface area (Å²) in [6.45, 7) is 8.34. The van der Waals surface area contributed by atoms with Crippen molar-refractivity contribution in [2.45, 2.75) is 46.1 Å². The van der Waals surface area contributed by atoms with E-state index in [2.05, 4.69) is 5.32 Å². The lowest BCUT2D eigenvalue weighted by Crippen LogP contribution is -2.48. The summed E-state index contributed by atoms with van der Waals surface area (Å²) in [5, 5.41) is 2.96. The fraction of sp³-hybridized carbons (Fsp3) is 0.417. The molecule has 1 fully saturated rings. The second kappa shape index (κ2) is 8.96. The van der Waals surface area contributed by atoms with Crippen LogP contribution in [0, 0.1) is 11.2 Å². The first kappa shape index (κ1) is 22.6. The molecule has 7 heteroatoms. The molecule has 2 amide bonds. The number of piperidine rings is 1. The standard InChI is InChI=1S/C24H29FN2O4/c1-23(2,3)31-22(29)27-14-12-24(4,13-15-27)21(28)26-18-6-5-7-20(16-18)30-19-10-8-17(25)9-11-19/h5-11,16H,12-15H2,1-4H3,(H,26,28).